The second kappa shape index (κ2) is 10.4. The molecule has 26 heavy (non-hydrogen) atoms. The molecule has 0 radical (unpaired) electrons. The van der Waals surface area contributed by atoms with Crippen molar-refractivity contribution in [2.45, 2.75) is 58.5 Å². The Morgan fingerprint density at radius 3 is 2.69 bits per heavy atom. The molecule has 7 nitrogen and oxygen atoms in total. The summed E-state index contributed by atoms with van der Waals surface area (Å²) in [6, 6.07) is 0.561. The number of ether oxygens (including phenoxy) is 1. The van der Waals surface area contributed by atoms with E-state index >= 15 is 0 Å². The van der Waals surface area contributed by atoms with E-state index in [1.54, 1.807) is 0 Å². The van der Waals surface area contributed by atoms with Crippen LogP contribution >= 0.6 is 24.0 Å². The van der Waals surface area contributed by atoms with Gasteiger partial charge < -0.3 is 19.5 Å². The number of rotatable bonds is 6. The molecule has 2 fully saturated rings. The van der Waals surface area contributed by atoms with Crippen molar-refractivity contribution in [2.24, 2.45) is 18.0 Å². The molecule has 148 valence electrons. The van der Waals surface area contributed by atoms with Gasteiger partial charge in [-0.1, -0.05) is 12.8 Å². The zero-order valence-electron chi connectivity index (χ0n) is 16.3. The number of halogens is 1. The highest BCUT2D eigenvalue weighted by Crippen LogP contribution is 2.21. The minimum Gasteiger partial charge on any atom is -0.381 e. The van der Waals surface area contributed by atoms with Crippen LogP contribution in [0.1, 0.15) is 50.7 Å². The average Bonchev–Trinajstić information content (AvgIpc) is 3.34. The summed E-state index contributed by atoms with van der Waals surface area (Å²) in [5.41, 5.74) is 0. The minimum absolute atomic E-state index is 0. The Morgan fingerprint density at radius 1 is 1.27 bits per heavy atom. The smallest absolute Gasteiger partial charge is 0.194 e. The molecule has 1 aromatic rings. The summed E-state index contributed by atoms with van der Waals surface area (Å²) < 4.78 is 7.63. The molecule has 1 aliphatic carbocycles. The van der Waals surface area contributed by atoms with E-state index in [2.05, 4.69) is 27.3 Å². The maximum atomic E-state index is 5.62. The van der Waals surface area contributed by atoms with E-state index in [1.807, 2.05) is 18.5 Å². The number of likely N-dealkylation sites (tertiary alicyclic amines) is 1. The minimum atomic E-state index is 0. The third-order valence-corrected chi connectivity index (χ3v) is 5.38. The van der Waals surface area contributed by atoms with Gasteiger partial charge in [-0.25, -0.2) is 4.99 Å². The first-order valence-corrected chi connectivity index (χ1v) is 9.66. The highest BCUT2D eigenvalue weighted by atomic mass is 127. The zero-order chi connectivity index (χ0) is 17.6. The second-order valence-corrected chi connectivity index (χ2v) is 7.25. The fraction of sp³-hybridized carbons (Fsp3) is 0.833. The lowest BCUT2D eigenvalue weighted by Gasteiger charge is -2.25. The van der Waals surface area contributed by atoms with E-state index in [-0.39, 0.29) is 24.0 Å². The van der Waals surface area contributed by atoms with Crippen LogP contribution in [0.5, 0.6) is 0 Å². The van der Waals surface area contributed by atoms with Crippen molar-refractivity contribution in [1.82, 2.24) is 25.0 Å². The van der Waals surface area contributed by atoms with Crippen molar-refractivity contribution in [1.29, 1.82) is 0 Å². The van der Waals surface area contributed by atoms with Crippen LogP contribution in [0.3, 0.4) is 0 Å². The maximum Gasteiger partial charge on any atom is 0.194 e. The summed E-state index contributed by atoms with van der Waals surface area (Å²) in [6.07, 6.45) is 6.31. The molecule has 1 atom stereocenters. The third-order valence-electron chi connectivity index (χ3n) is 5.38. The van der Waals surface area contributed by atoms with Gasteiger partial charge in [0.05, 0.1) is 6.61 Å². The Labute approximate surface area is 174 Å². The quantitative estimate of drug-likeness (QED) is 0.388. The molecule has 0 aromatic carbocycles. The van der Waals surface area contributed by atoms with Gasteiger partial charge in [0.2, 0.25) is 0 Å². The predicted molar refractivity (Wildman–Crippen MR) is 114 cm³/mol. The van der Waals surface area contributed by atoms with E-state index in [9.17, 15) is 0 Å². The Balaban J connectivity index is 0.00000243. The van der Waals surface area contributed by atoms with Gasteiger partial charge in [0, 0.05) is 38.7 Å². The van der Waals surface area contributed by atoms with Gasteiger partial charge in [-0.2, -0.15) is 0 Å². The lowest BCUT2D eigenvalue weighted by molar-refractivity contribution is 0.114. The predicted octanol–water partition coefficient (Wildman–Crippen LogP) is 2.49. The molecule has 1 saturated carbocycles. The number of aliphatic imine (C=N–C) groups is 1. The number of aromatic nitrogens is 3. The van der Waals surface area contributed by atoms with E-state index < -0.39 is 0 Å². The number of aryl methyl sites for hydroxylation is 1. The molecule has 3 rings (SSSR count). The molecule has 0 bridgehead atoms. The third kappa shape index (κ3) is 5.55. The molecule has 8 heteroatoms. The molecule has 1 N–H and O–H groups in total. The highest BCUT2D eigenvalue weighted by Gasteiger charge is 2.27. The van der Waals surface area contributed by atoms with Crippen molar-refractivity contribution in [3.63, 3.8) is 0 Å². The molecule has 0 spiro atoms. The van der Waals surface area contributed by atoms with Crippen LogP contribution in [-0.4, -0.2) is 58.0 Å². The fourth-order valence-corrected chi connectivity index (χ4v) is 3.67. The van der Waals surface area contributed by atoms with Crippen molar-refractivity contribution in [3.05, 3.63) is 11.6 Å². The molecule has 1 aliphatic heterocycles. The standard InChI is InChI=1S/C18H32N6O.HI/c1-4-25-13-15-9-10-24(12-15)18(20-16-7-5-6-8-16)19-11-17-22-21-14(2)23(17)3;/h15-16H,4-13H2,1-3H3,(H,19,20);1H. The number of nitrogens with zero attached hydrogens (tertiary/aromatic N) is 5. The molecule has 1 unspecified atom stereocenters. The first-order chi connectivity index (χ1) is 12.2. The van der Waals surface area contributed by atoms with Crippen molar-refractivity contribution in [3.8, 4) is 0 Å². The van der Waals surface area contributed by atoms with Crippen molar-refractivity contribution in [2.75, 3.05) is 26.3 Å². The lowest BCUT2D eigenvalue weighted by atomic mass is 10.1. The summed E-state index contributed by atoms with van der Waals surface area (Å²) in [5, 5.41) is 12.1. The number of hydrogen-bond acceptors (Lipinski definition) is 4. The first kappa shape index (κ1) is 21.4. The van der Waals surface area contributed by atoms with E-state index in [1.165, 1.54) is 32.1 Å². The summed E-state index contributed by atoms with van der Waals surface area (Å²) in [6.45, 7) is 8.32. The first-order valence-electron chi connectivity index (χ1n) is 9.66. The van der Waals surface area contributed by atoms with Crippen LogP contribution < -0.4 is 5.32 Å². The Bertz CT molecular complexity index is 584. The molecular weight excluding hydrogens is 443 g/mol. The maximum absolute atomic E-state index is 5.62. The van der Waals surface area contributed by atoms with Gasteiger partial charge >= 0.3 is 0 Å². The SMILES string of the molecule is CCOCC1CCN(C(=NCc2nnc(C)n2C)NC2CCCC2)C1.I. The van der Waals surface area contributed by atoms with Gasteiger partial charge in [-0.3, -0.25) is 0 Å². The average molecular weight is 476 g/mol. The normalized spacial score (nSPS) is 21.3. The largest absolute Gasteiger partial charge is 0.381 e. The van der Waals surface area contributed by atoms with Crippen LogP contribution in [-0.2, 0) is 18.3 Å². The summed E-state index contributed by atoms with van der Waals surface area (Å²) >= 11 is 0. The van der Waals surface area contributed by atoms with Gasteiger partial charge in [-0.05, 0) is 33.1 Å². The molecular formula is C18H33IN6O. The van der Waals surface area contributed by atoms with Gasteiger partial charge in [-0.15, -0.1) is 34.2 Å². The number of hydrogen-bond donors (Lipinski definition) is 1. The number of nitrogens with one attached hydrogen (secondary N) is 1. The molecule has 0 amide bonds. The summed E-state index contributed by atoms with van der Waals surface area (Å²) in [7, 11) is 2.00. The second-order valence-electron chi connectivity index (χ2n) is 7.25. The number of guanidine groups is 1. The Hall–Kier alpha value is -0.900. The lowest BCUT2D eigenvalue weighted by Crippen LogP contribution is -2.44. The zero-order valence-corrected chi connectivity index (χ0v) is 18.6. The van der Waals surface area contributed by atoms with Crippen molar-refractivity contribution >= 4 is 29.9 Å². The molecule has 2 heterocycles. The highest BCUT2D eigenvalue weighted by molar-refractivity contribution is 14.0. The summed E-state index contributed by atoms with van der Waals surface area (Å²) in [4.78, 5) is 7.29. The topological polar surface area (TPSA) is 67.6 Å². The molecule has 2 aliphatic rings. The van der Waals surface area contributed by atoms with E-state index in [0.717, 1.165) is 43.9 Å². The monoisotopic (exact) mass is 476 g/mol. The van der Waals surface area contributed by atoms with Crippen molar-refractivity contribution < 1.29 is 4.74 Å². The Kier molecular flexibility index (Phi) is 8.59. The van der Waals surface area contributed by atoms with E-state index in [0.29, 0.717) is 18.5 Å². The summed E-state index contributed by atoms with van der Waals surface area (Å²) in [5.74, 6) is 3.47. The Morgan fingerprint density at radius 2 is 2.04 bits per heavy atom. The van der Waals surface area contributed by atoms with Crippen LogP contribution in [0, 0.1) is 12.8 Å². The van der Waals surface area contributed by atoms with Crippen LogP contribution in [0.4, 0.5) is 0 Å². The van der Waals surface area contributed by atoms with Crippen LogP contribution in [0.15, 0.2) is 4.99 Å². The van der Waals surface area contributed by atoms with Crippen LogP contribution in [0.2, 0.25) is 0 Å². The van der Waals surface area contributed by atoms with Gasteiger partial charge in [0.1, 0.15) is 12.4 Å². The van der Waals surface area contributed by atoms with Gasteiger partial charge in [0.25, 0.3) is 0 Å². The van der Waals surface area contributed by atoms with Gasteiger partial charge in [0.15, 0.2) is 11.8 Å². The molecule has 1 aromatic heterocycles. The van der Waals surface area contributed by atoms with Crippen LogP contribution in [0.25, 0.3) is 0 Å². The molecule has 1 saturated heterocycles. The van der Waals surface area contributed by atoms with E-state index in [4.69, 9.17) is 9.73 Å². The fourth-order valence-electron chi connectivity index (χ4n) is 3.67.